The third-order valence-corrected chi connectivity index (χ3v) is 2.40. The van der Waals surface area contributed by atoms with Crippen LogP contribution in [-0.2, 0) is 0 Å². The zero-order chi connectivity index (χ0) is 11.5. The summed E-state index contributed by atoms with van der Waals surface area (Å²) < 4.78 is 0. The highest BCUT2D eigenvalue weighted by molar-refractivity contribution is 5.73. The summed E-state index contributed by atoms with van der Waals surface area (Å²) in [6, 6.07) is 8.12. The van der Waals surface area contributed by atoms with Crippen LogP contribution in [0.3, 0.4) is 0 Å². The van der Waals surface area contributed by atoms with E-state index in [1.165, 1.54) is 5.56 Å². The van der Waals surface area contributed by atoms with Gasteiger partial charge in [-0.05, 0) is 12.5 Å². The average molecular weight is 214 g/mol. The van der Waals surface area contributed by atoms with Crippen LogP contribution in [0.1, 0.15) is 5.56 Å². The van der Waals surface area contributed by atoms with Crippen LogP contribution in [0.5, 0.6) is 0 Å². The smallest absolute Gasteiger partial charge is 0.224 e. The maximum atomic E-state index is 5.88. The third kappa shape index (κ3) is 1.95. The molecule has 0 aliphatic heterocycles. The number of anilines is 2. The summed E-state index contributed by atoms with van der Waals surface area (Å²) in [4.78, 5) is 8.30. The SMILES string of the molecule is CNc1ncc(-c2ccc(C)cc2)c(N)n1. The van der Waals surface area contributed by atoms with Crippen molar-refractivity contribution >= 4 is 11.8 Å². The molecule has 2 rings (SSSR count). The van der Waals surface area contributed by atoms with Crippen molar-refractivity contribution in [2.75, 3.05) is 18.1 Å². The number of nitrogens with one attached hydrogen (secondary N) is 1. The molecule has 1 heterocycles. The Labute approximate surface area is 94.5 Å². The molecular formula is C12H14N4. The van der Waals surface area contributed by atoms with E-state index in [1.807, 2.05) is 31.2 Å². The van der Waals surface area contributed by atoms with Gasteiger partial charge in [0.15, 0.2) is 0 Å². The number of aromatic nitrogens is 2. The van der Waals surface area contributed by atoms with E-state index in [0.29, 0.717) is 11.8 Å². The molecule has 1 aromatic carbocycles. The maximum Gasteiger partial charge on any atom is 0.224 e. The molecular weight excluding hydrogens is 200 g/mol. The molecule has 0 spiro atoms. The summed E-state index contributed by atoms with van der Waals surface area (Å²) in [7, 11) is 1.76. The van der Waals surface area contributed by atoms with Gasteiger partial charge in [0.1, 0.15) is 5.82 Å². The fourth-order valence-electron chi connectivity index (χ4n) is 1.47. The molecule has 0 bridgehead atoms. The number of hydrogen-bond acceptors (Lipinski definition) is 4. The molecule has 0 unspecified atom stereocenters. The van der Waals surface area contributed by atoms with Crippen LogP contribution in [0.2, 0.25) is 0 Å². The Morgan fingerprint density at radius 3 is 2.44 bits per heavy atom. The predicted molar refractivity (Wildman–Crippen MR) is 66.2 cm³/mol. The number of nitrogens with zero attached hydrogens (tertiary/aromatic N) is 2. The molecule has 0 aliphatic rings. The van der Waals surface area contributed by atoms with E-state index in [1.54, 1.807) is 13.2 Å². The van der Waals surface area contributed by atoms with Crippen LogP contribution in [0.4, 0.5) is 11.8 Å². The molecule has 0 fully saturated rings. The summed E-state index contributed by atoms with van der Waals surface area (Å²) >= 11 is 0. The molecule has 3 N–H and O–H groups in total. The first kappa shape index (κ1) is 10.4. The lowest BCUT2D eigenvalue weighted by Crippen LogP contribution is -2.01. The average Bonchev–Trinajstić information content (AvgIpc) is 2.30. The molecule has 0 saturated carbocycles. The molecule has 0 amide bonds. The van der Waals surface area contributed by atoms with Gasteiger partial charge in [-0.15, -0.1) is 0 Å². The van der Waals surface area contributed by atoms with Crippen molar-refractivity contribution in [1.82, 2.24) is 9.97 Å². The molecule has 0 saturated heterocycles. The van der Waals surface area contributed by atoms with Gasteiger partial charge in [-0.3, -0.25) is 0 Å². The van der Waals surface area contributed by atoms with Gasteiger partial charge in [0.2, 0.25) is 5.95 Å². The van der Waals surface area contributed by atoms with Crippen molar-refractivity contribution in [1.29, 1.82) is 0 Å². The minimum absolute atomic E-state index is 0.489. The first-order chi connectivity index (χ1) is 7.70. The highest BCUT2D eigenvalue weighted by Crippen LogP contribution is 2.24. The lowest BCUT2D eigenvalue weighted by molar-refractivity contribution is 1.16. The van der Waals surface area contributed by atoms with Gasteiger partial charge in [-0.25, -0.2) is 4.98 Å². The molecule has 4 heteroatoms. The topological polar surface area (TPSA) is 63.8 Å². The van der Waals surface area contributed by atoms with Gasteiger partial charge >= 0.3 is 0 Å². The summed E-state index contributed by atoms with van der Waals surface area (Å²) in [5.74, 6) is 1.02. The van der Waals surface area contributed by atoms with E-state index in [-0.39, 0.29) is 0 Å². The monoisotopic (exact) mass is 214 g/mol. The number of hydrogen-bond donors (Lipinski definition) is 2. The molecule has 1 aromatic heterocycles. The summed E-state index contributed by atoms with van der Waals surface area (Å²) in [6.45, 7) is 2.05. The van der Waals surface area contributed by atoms with Gasteiger partial charge in [0.25, 0.3) is 0 Å². The van der Waals surface area contributed by atoms with Gasteiger partial charge < -0.3 is 11.1 Å². The molecule has 16 heavy (non-hydrogen) atoms. The quantitative estimate of drug-likeness (QED) is 0.803. The van der Waals surface area contributed by atoms with Crippen LogP contribution in [0.25, 0.3) is 11.1 Å². The summed E-state index contributed by atoms with van der Waals surface area (Å²) in [5, 5.41) is 2.85. The Morgan fingerprint density at radius 1 is 1.19 bits per heavy atom. The first-order valence-electron chi connectivity index (χ1n) is 5.08. The number of nitrogen functional groups attached to an aromatic ring is 1. The second kappa shape index (κ2) is 4.18. The highest BCUT2D eigenvalue weighted by Gasteiger charge is 2.05. The Hall–Kier alpha value is -2.10. The van der Waals surface area contributed by atoms with Crippen molar-refractivity contribution in [3.63, 3.8) is 0 Å². The van der Waals surface area contributed by atoms with Crippen molar-refractivity contribution in [3.8, 4) is 11.1 Å². The highest BCUT2D eigenvalue weighted by atomic mass is 15.1. The van der Waals surface area contributed by atoms with Crippen LogP contribution in [0, 0.1) is 6.92 Å². The maximum absolute atomic E-state index is 5.88. The predicted octanol–water partition coefficient (Wildman–Crippen LogP) is 2.08. The number of aryl methyl sites for hydroxylation is 1. The lowest BCUT2D eigenvalue weighted by atomic mass is 10.1. The number of nitrogens with two attached hydrogens (primary N) is 1. The molecule has 0 atom stereocenters. The van der Waals surface area contributed by atoms with Crippen molar-refractivity contribution in [3.05, 3.63) is 36.0 Å². The van der Waals surface area contributed by atoms with E-state index < -0.39 is 0 Å². The van der Waals surface area contributed by atoms with Crippen LogP contribution >= 0.6 is 0 Å². The number of rotatable bonds is 2. The molecule has 0 radical (unpaired) electrons. The standard InChI is InChI=1S/C12H14N4/c1-8-3-5-9(6-4-8)10-7-15-12(14-2)16-11(10)13/h3-7H,1-2H3,(H3,13,14,15,16). The third-order valence-electron chi connectivity index (χ3n) is 2.40. The molecule has 4 nitrogen and oxygen atoms in total. The fourth-order valence-corrected chi connectivity index (χ4v) is 1.47. The van der Waals surface area contributed by atoms with E-state index in [0.717, 1.165) is 11.1 Å². The molecule has 82 valence electrons. The Bertz CT molecular complexity index is 491. The van der Waals surface area contributed by atoms with E-state index in [2.05, 4.69) is 15.3 Å². The van der Waals surface area contributed by atoms with E-state index >= 15 is 0 Å². The van der Waals surface area contributed by atoms with Crippen molar-refractivity contribution < 1.29 is 0 Å². The normalized spacial score (nSPS) is 10.1. The fraction of sp³-hybridized carbons (Fsp3) is 0.167. The second-order valence-electron chi connectivity index (χ2n) is 3.61. The Kier molecular flexibility index (Phi) is 2.72. The minimum Gasteiger partial charge on any atom is -0.383 e. The summed E-state index contributed by atoms with van der Waals surface area (Å²) in [6.07, 6.45) is 1.73. The van der Waals surface area contributed by atoms with Crippen molar-refractivity contribution in [2.24, 2.45) is 0 Å². The Morgan fingerprint density at radius 2 is 1.88 bits per heavy atom. The van der Waals surface area contributed by atoms with Gasteiger partial charge in [-0.2, -0.15) is 4.98 Å². The van der Waals surface area contributed by atoms with Gasteiger partial charge in [0, 0.05) is 18.8 Å². The zero-order valence-electron chi connectivity index (χ0n) is 9.36. The van der Waals surface area contributed by atoms with Gasteiger partial charge in [-0.1, -0.05) is 29.8 Å². The van der Waals surface area contributed by atoms with Crippen LogP contribution in [-0.4, -0.2) is 17.0 Å². The minimum atomic E-state index is 0.489. The summed E-state index contributed by atoms with van der Waals surface area (Å²) in [5.41, 5.74) is 8.99. The van der Waals surface area contributed by atoms with E-state index in [9.17, 15) is 0 Å². The van der Waals surface area contributed by atoms with E-state index in [4.69, 9.17) is 5.73 Å². The first-order valence-corrected chi connectivity index (χ1v) is 5.08. The van der Waals surface area contributed by atoms with Gasteiger partial charge in [0.05, 0.1) is 0 Å². The number of benzene rings is 1. The van der Waals surface area contributed by atoms with Crippen molar-refractivity contribution in [2.45, 2.75) is 6.92 Å². The molecule has 0 aliphatic carbocycles. The lowest BCUT2D eigenvalue weighted by Gasteiger charge is -2.06. The Balaban J connectivity index is 2.44. The van der Waals surface area contributed by atoms with Crippen LogP contribution < -0.4 is 11.1 Å². The van der Waals surface area contributed by atoms with Crippen LogP contribution in [0.15, 0.2) is 30.5 Å². The molecule has 2 aromatic rings. The largest absolute Gasteiger partial charge is 0.383 e. The zero-order valence-corrected chi connectivity index (χ0v) is 9.36. The second-order valence-corrected chi connectivity index (χ2v) is 3.61.